The summed E-state index contributed by atoms with van der Waals surface area (Å²) in [6, 6.07) is 18.0. The summed E-state index contributed by atoms with van der Waals surface area (Å²) in [6.07, 6.45) is 1.51. The Hall–Kier alpha value is -4.04. The van der Waals surface area contributed by atoms with Gasteiger partial charge in [0.1, 0.15) is 5.82 Å². The summed E-state index contributed by atoms with van der Waals surface area (Å²) >= 11 is 0. The molecule has 3 aromatic rings. The predicted molar refractivity (Wildman–Crippen MR) is 129 cm³/mol. The molecule has 8 heteroatoms. The van der Waals surface area contributed by atoms with Gasteiger partial charge in [-0.05, 0) is 42.8 Å². The first kappa shape index (κ1) is 23.1. The number of hydrogen-bond acceptors (Lipinski definition) is 4. The van der Waals surface area contributed by atoms with Crippen LogP contribution in [-0.2, 0) is 19.6 Å². The average Bonchev–Trinajstić information content (AvgIpc) is 3.06. The van der Waals surface area contributed by atoms with Crippen molar-refractivity contribution in [3.05, 3.63) is 108 Å². The minimum absolute atomic E-state index is 0.0841. The minimum Gasteiger partial charge on any atom is -0.304 e. The third-order valence-electron chi connectivity index (χ3n) is 5.39. The number of anilines is 1. The fourth-order valence-electron chi connectivity index (χ4n) is 3.80. The highest BCUT2D eigenvalue weighted by Gasteiger charge is 2.37. The Labute approximate surface area is 197 Å². The van der Waals surface area contributed by atoms with E-state index < -0.39 is 27.7 Å². The molecule has 6 nitrogen and oxygen atoms in total. The zero-order chi connectivity index (χ0) is 24.5. The molecule has 0 bridgehead atoms. The molecule has 3 aromatic carbocycles. The molecule has 0 spiro atoms. The van der Waals surface area contributed by atoms with Crippen LogP contribution in [0.3, 0.4) is 0 Å². The van der Waals surface area contributed by atoms with Crippen molar-refractivity contribution in [3.63, 3.8) is 0 Å². The number of nitrogens with one attached hydrogen (secondary N) is 1. The third-order valence-corrected chi connectivity index (χ3v) is 6.73. The van der Waals surface area contributed by atoms with Crippen molar-refractivity contribution in [3.8, 4) is 0 Å². The highest BCUT2D eigenvalue weighted by molar-refractivity contribution is 7.90. The smallest absolute Gasteiger partial charge is 0.266 e. The summed E-state index contributed by atoms with van der Waals surface area (Å²) in [5.41, 5.74) is 1.53. The molecule has 0 aliphatic carbocycles. The maximum atomic E-state index is 14.2. The normalized spacial score (nSPS) is 14.5. The molecule has 0 saturated carbocycles. The van der Waals surface area contributed by atoms with Gasteiger partial charge in [-0.2, -0.15) is 0 Å². The van der Waals surface area contributed by atoms with Crippen LogP contribution in [0.15, 0.2) is 90.3 Å². The van der Waals surface area contributed by atoms with Gasteiger partial charge in [-0.15, -0.1) is 6.58 Å². The van der Waals surface area contributed by atoms with E-state index >= 15 is 0 Å². The Kier molecular flexibility index (Phi) is 6.17. The quantitative estimate of drug-likeness (QED) is 0.429. The first-order valence-electron chi connectivity index (χ1n) is 10.4. The van der Waals surface area contributed by atoms with Crippen LogP contribution in [0.4, 0.5) is 10.1 Å². The van der Waals surface area contributed by atoms with Gasteiger partial charge in [-0.1, -0.05) is 54.1 Å². The Morgan fingerprint density at radius 2 is 1.74 bits per heavy atom. The van der Waals surface area contributed by atoms with Gasteiger partial charge >= 0.3 is 0 Å². The molecule has 172 valence electrons. The molecule has 0 aromatic heterocycles. The van der Waals surface area contributed by atoms with E-state index in [1.165, 1.54) is 35.2 Å². The van der Waals surface area contributed by atoms with E-state index in [0.717, 1.165) is 11.6 Å². The summed E-state index contributed by atoms with van der Waals surface area (Å²) in [5.74, 6) is -2.14. The van der Waals surface area contributed by atoms with Crippen molar-refractivity contribution in [2.24, 2.45) is 0 Å². The summed E-state index contributed by atoms with van der Waals surface area (Å²) in [6.45, 7) is 5.60. The molecule has 0 saturated heterocycles. The van der Waals surface area contributed by atoms with E-state index in [-0.39, 0.29) is 28.1 Å². The van der Waals surface area contributed by atoms with Crippen LogP contribution >= 0.6 is 0 Å². The number of sulfonamides is 1. The zero-order valence-corrected chi connectivity index (χ0v) is 19.1. The van der Waals surface area contributed by atoms with Gasteiger partial charge in [-0.3, -0.25) is 9.59 Å². The second kappa shape index (κ2) is 9.07. The Bertz CT molecular complexity index is 1430. The highest BCUT2D eigenvalue weighted by atomic mass is 32.2. The molecule has 1 N–H and O–H groups in total. The maximum absolute atomic E-state index is 14.2. The second-order valence-corrected chi connectivity index (χ2v) is 9.41. The molecule has 0 atom stereocenters. The van der Waals surface area contributed by atoms with Gasteiger partial charge in [0.2, 0.25) is 0 Å². The monoisotopic (exact) mass is 476 g/mol. The number of carbonyl (C=O) groups excluding carboxylic acids is 2. The fourth-order valence-corrected chi connectivity index (χ4v) is 4.76. The van der Waals surface area contributed by atoms with Crippen LogP contribution in [0.25, 0.3) is 11.1 Å². The predicted octanol–water partition coefficient (Wildman–Crippen LogP) is 4.08. The number of benzene rings is 3. The first-order valence-corrected chi connectivity index (χ1v) is 11.9. The molecular weight excluding hydrogens is 455 g/mol. The molecule has 34 heavy (non-hydrogen) atoms. The molecule has 2 amide bonds. The number of fused-ring (bicyclic) bond motifs is 1. The molecule has 1 heterocycles. The number of rotatable bonds is 6. The first-order chi connectivity index (χ1) is 16.2. The van der Waals surface area contributed by atoms with Crippen molar-refractivity contribution < 1.29 is 22.4 Å². The van der Waals surface area contributed by atoms with Gasteiger partial charge in [0.05, 0.1) is 21.7 Å². The van der Waals surface area contributed by atoms with Crippen molar-refractivity contribution in [1.29, 1.82) is 0 Å². The summed E-state index contributed by atoms with van der Waals surface area (Å²) in [5, 5.41) is 0. The summed E-state index contributed by atoms with van der Waals surface area (Å²) in [7, 11) is -4.23. The van der Waals surface area contributed by atoms with Crippen molar-refractivity contribution in [2.45, 2.75) is 11.8 Å². The van der Waals surface area contributed by atoms with Gasteiger partial charge in [0, 0.05) is 12.1 Å². The van der Waals surface area contributed by atoms with Crippen LogP contribution in [0.1, 0.15) is 16.7 Å². The van der Waals surface area contributed by atoms with Crippen LogP contribution in [-0.4, -0.2) is 26.8 Å². The number of nitrogens with zero attached hydrogens (tertiary/aromatic N) is 1. The zero-order valence-electron chi connectivity index (χ0n) is 18.3. The highest BCUT2D eigenvalue weighted by Crippen LogP contribution is 2.41. The fraction of sp³-hybridized carbons (Fsp3) is 0.0769. The van der Waals surface area contributed by atoms with Crippen LogP contribution in [0.5, 0.6) is 0 Å². The Morgan fingerprint density at radius 3 is 2.38 bits per heavy atom. The van der Waals surface area contributed by atoms with E-state index in [9.17, 15) is 22.4 Å². The molecule has 4 rings (SSSR count). The van der Waals surface area contributed by atoms with Gasteiger partial charge in [-0.25, -0.2) is 17.5 Å². The lowest BCUT2D eigenvalue weighted by atomic mass is 9.95. The molecule has 1 aliphatic rings. The van der Waals surface area contributed by atoms with Crippen LogP contribution < -0.4 is 9.62 Å². The second-order valence-electron chi connectivity index (χ2n) is 7.73. The lowest BCUT2D eigenvalue weighted by Gasteiger charge is -2.15. The minimum atomic E-state index is -4.23. The van der Waals surface area contributed by atoms with E-state index in [2.05, 4.69) is 11.3 Å². The van der Waals surface area contributed by atoms with Gasteiger partial charge < -0.3 is 4.90 Å². The molecule has 0 unspecified atom stereocenters. The van der Waals surface area contributed by atoms with Gasteiger partial charge in [0.15, 0.2) is 0 Å². The van der Waals surface area contributed by atoms with E-state index in [1.807, 2.05) is 6.92 Å². The molecule has 0 radical (unpaired) electrons. The average molecular weight is 477 g/mol. The van der Waals surface area contributed by atoms with Crippen molar-refractivity contribution >= 4 is 38.7 Å². The van der Waals surface area contributed by atoms with Crippen molar-refractivity contribution in [2.75, 3.05) is 11.4 Å². The lowest BCUT2D eigenvalue weighted by molar-refractivity contribution is -0.115. The summed E-state index contributed by atoms with van der Waals surface area (Å²) < 4.78 is 42.1. The standard InChI is InChI=1S/C26H21FN2O4S/c1-3-15-29-22-14-11-19(27)16-21(22)24(26(29)31)23(18-7-5-4-6-8-18)25(30)28-34(32,33)20-12-9-17(2)10-13-20/h3-14,16H,1,15H2,2H3,(H,28,30)/b24-23+. The lowest BCUT2D eigenvalue weighted by Crippen LogP contribution is -2.33. The molecule has 1 aliphatic heterocycles. The number of halogens is 1. The summed E-state index contributed by atoms with van der Waals surface area (Å²) in [4.78, 5) is 28.1. The van der Waals surface area contributed by atoms with E-state index in [4.69, 9.17) is 0 Å². The number of carbonyl (C=O) groups is 2. The maximum Gasteiger partial charge on any atom is 0.266 e. The van der Waals surface area contributed by atoms with Crippen LogP contribution in [0.2, 0.25) is 0 Å². The number of hydrogen-bond donors (Lipinski definition) is 1. The molecule has 0 fully saturated rings. The Morgan fingerprint density at radius 1 is 1.06 bits per heavy atom. The largest absolute Gasteiger partial charge is 0.304 e. The number of aryl methyl sites for hydroxylation is 1. The van der Waals surface area contributed by atoms with Crippen LogP contribution in [0, 0.1) is 12.7 Å². The van der Waals surface area contributed by atoms with E-state index in [0.29, 0.717) is 11.3 Å². The number of amides is 2. The molecular formula is C26H21FN2O4S. The van der Waals surface area contributed by atoms with Crippen molar-refractivity contribution in [1.82, 2.24) is 4.72 Å². The Balaban J connectivity index is 1.90. The third kappa shape index (κ3) is 4.27. The SMILES string of the molecule is C=CCN1C(=O)/C(=C(/C(=O)NS(=O)(=O)c2ccc(C)cc2)c2ccccc2)c2cc(F)ccc21. The topological polar surface area (TPSA) is 83.6 Å². The van der Waals surface area contributed by atoms with E-state index in [1.54, 1.807) is 42.5 Å². The van der Waals surface area contributed by atoms with Gasteiger partial charge in [0.25, 0.3) is 21.8 Å².